The predicted molar refractivity (Wildman–Crippen MR) is 141 cm³/mol. The molecule has 198 valence electrons. The zero-order chi connectivity index (χ0) is 26.8. The van der Waals surface area contributed by atoms with Crippen LogP contribution in [-0.4, -0.2) is 16.8 Å². The van der Waals surface area contributed by atoms with Gasteiger partial charge < -0.3 is 5.11 Å². The molecule has 1 N–H and O–H groups in total. The van der Waals surface area contributed by atoms with Gasteiger partial charge in [-0.1, -0.05) is 56.3 Å². The van der Waals surface area contributed by atoms with Gasteiger partial charge in [-0.15, -0.1) is 0 Å². The van der Waals surface area contributed by atoms with Crippen LogP contribution in [0.5, 0.6) is 0 Å². The largest absolute Gasteiger partial charge is 0.379 e. The Bertz CT molecular complexity index is 1120. The Kier molecular flexibility index (Phi) is 8.19. The molecule has 0 saturated heterocycles. The van der Waals surface area contributed by atoms with Crippen molar-refractivity contribution in [2.75, 3.05) is 0 Å². The molecule has 37 heavy (non-hydrogen) atoms. The first-order valence-corrected chi connectivity index (χ1v) is 13.8. The van der Waals surface area contributed by atoms with Crippen LogP contribution in [0.25, 0.3) is 0 Å². The summed E-state index contributed by atoms with van der Waals surface area (Å²) in [5, 5.41) is 20.3. The van der Waals surface area contributed by atoms with E-state index < -0.39 is 17.4 Å². The molecule has 2 aliphatic carbocycles. The van der Waals surface area contributed by atoms with E-state index in [0.29, 0.717) is 35.7 Å². The third-order valence-corrected chi connectivity index (χ3v) is 8.98. The first kappa shape index (κ1) is 27.5. The summed E-state index contributed by atoms with van der Waals surface area (Å²) in [6.07, 6.45) is 8.23. The van der Waals surface area contributed by atoms with Gasteiger partial charge in [-0.3, -0.25) is 4.79 Å². The number of hydrogen-bond donors (Lipinski definition) is 1. The maximum atomic E-state index is 14.3. The van der Waals surface area contributed by atoms with Crippen LogP contribution in [0.2, 0.25) is 0 Å². The van der Waals surface area contributed by atoms with Crippen LogP contribution in [0.15, 0.2) is 48.5 Å². The Labute approximate surface area is 219 Å². The van der Waals surface area contributed by atoms with E-state index >= 15 is 0 Å². The molecule has 0 radical (unpaired) electrons. The molecule has 2 aromatic rings. The highest BCUT2D eigenvalue weighted by Crippen LogP contribution is 2.49. The standard InChI is InChI=1S/C32H39F2NO2/c1-21(2)32(37,31(3,33)34)27-16-14-25(15-17-27)30(36)19-18-29(24-12-13-24)23-10-8-22(9-11-23)28-7-5-4-6-26(28)20-35/h4-7,14-17,21-24,29,37H,8-13,18-19H2,1-3H3/t22?,23?,29?,32-/m0/s1. The van der Waals surface area contributed by atoms with E-state index in [0.717, 1.165) is 44.6 Å². The van der Waals surface area contributed by atoms with Crippen molar-refractivity contribution < 1.29 is 18.7 Å². The number of nitriles is 1. The maximum Gasteiger partial charge on any atom is 0.277 e. The number of carbonyl (C=O) groups is 1. The lowest BCUT2D eigenvalue weighted by Crippen LogP contribution is -2.47. The lowest BCUT2D eigenvalue weighted by molar-refractivity contribution is -0.199. The lowest BCUT2D eigenvalue weighted by Gasteiger charge is -2.37. The monoisotopic (exact) mass is 507 g/mol. The van der Waals surface area contributed by atoms with Gasteiger partial charge >= 0.3 is 0 Å². The Morgan fingerprint density at radius 2 is 1.57 bits per heavy atom. The van der Waals surface area contributed by atoms with Gasteiger partial charge in [0.25, 0.3) is 5.92 Å². The number of halogens is 2. The van der Waals surface area contributed by atoms with Gasteiger partial charge in [0.2, 0.25) is 0 Å². The number of hydrogen-bond acceptors (Lipinski definition) is 3. The molecular formula is C32H39F2NO2. The van der Waals surface area contributed by atoms with Gasteiger partial charge in [0.15, 0.2) is 11.4 Å². The van der Waals surface area contributed by atoms with E-state index in [1.807, 2.05) is 18.2 Å². The first-order chi connectivity index (χ1) is 17.6. The second kappa shape index (κ2) is 11.0. The molecule has 0 aromatic heterocycles. The fourth-order valence-corrected chi connectivity index (χ4v) is 6.64. The molecule has 2 aromatic carbocycles. The van der Waals surface area contributed by atoms with E-state index in [1.54, 1.807) is 26.0 Å². The third-order valence-electron chi connectivity index (χ3n) is 8.98. The van der Waals surface area contributed by atoms with Gasteiger partial charge in [0.05, 0.1) is 11.6 Å². The SMILES string of the molecule is CC(C)[C@](O)(c1ccc(C(=O)CCC(C2CCC(c3ccccc3C#N)CC2)C2CC2)cc1)C(C)(F)F. The van der Waals surface area contributed by atoms with Crippen molar-refractivity contribution in [2.45, 2.75) is 89.6 Å². The average Bonchev–Trinajstić information content (AvgIpc) is 3.73. The zero-order valence-corrected chi connectivity index (χ0v) is 22.2. The molecular weight excluding hydrogens is 468 g/mol. The third kappa shape index (κ3) is 5.80. The van der Waals surface area contributed by atoms with Gasteiger partial charge in [0.1, 0.15) is 0 Å². The number of nitrogens with zero attached hydrogens (tertiary/aromatic N) is 1. The molecule has 2 fully saturated rings. The highest BCUT2D eigenvalue weighted by molar-refractivity contribution is 5.96. The van der Waals surface area contributed by atoms with Gasteiger partial charge in [-0.2, -0.15) is 5.26 Å². The molecule has 0 spiro atoms. The molecule has 0 bridgehead atoms. The van der Waals surface area contributed by atoms with Gasteiger partial charge in [-0.25, -0.2) is 8.78 Å². The predicted octanol–water partition coefficient (Wildman–Crippen LogP) is 8.02. The second-order valence-electron chi connectivity index (χ2n) is 11.7. The van der Waals surface area contributed by atoms with Crippen LogP contribution in [0.3, 0.4) is 0 Å². The molecule has 5 heteroatoms. The van der Waals surface area contributed by atoms with Crippen molar-refractivity contribution in [1.82, 2.24) is 0 Å². The zero-order valence-electron chi connectivity index (χ0n) is 22.2. The van der Waals surface area contributed by atoms with Crippen molar-refractivity contribution in [2.24, 2.45) is 23.7 Å². The fraction of sp³-hybridized carbons (Fsp3) is 0.562. The van der Waals surface area contributed by atoms with E-state index in [1.165, 1.54) is 30.5 Å². The summed E-state index contributed by atoms with van der Waals surface area (Å²) in [6.45, 7) is 3.88. The van der Waals surface area contributed by atoms with Crippen molar-refractivity contribution in [3.8, 4) is 6.07 Å². The number of alkyl halides is 2. The molecule has 1 unspecified atom stereocenters. The van der Waals surface area contributed by atoms with Crippen LogP contribution in [0, 0.1) is 35.0 Å². The van der Waals surface area contributed by atoms with E-state index in [4.69, 9.17) is 0 Å². The maximum absolute atomic E-state index is 14.3. The molecule has 4 rings (SSSR count). The van der Waals surface area contributed by atoms with Crippen molar-refractivity contribution >= 4 is 5.78 Å². The highest BCUT2D eigenvalue weighted by Gasteiger charge is 2.52. The summed E-state index contributed by atoms with van der Waals surface area (Å²) in [7, 11) is 0. The molecule has 3 nitrogen and oxygen atoms in total. The van der Waals surface area contributed by atoms with Gasteiger partial charge in [-0.05, 0) is 91.7 Å². The number of aliphatic hydroxyl groups is 1. The average molecular weight is 508 g/mol. The fourth-order valence-electron chi connectivity index (χ4n) is 6.64. The number of carbonyl (C=O) groups excluding carboxylic acids is 1. The number of rotatable bonds is 10. The smallest absolute Gasteiger partial charge is 0.277 e. The molecule has 2 aliphatic rings. The van der Waals surface area contributed by atoms with Crippen LogP contribution in [0.4, 0.5) is 8.78 Å². The van der Waals surface area contributed by atoms with E-state index in [9.17, 15) is 23.9 Å². The summed E-state index contributed by atoms with van der Waals surface area (Å²) < 4.78 is 28.5. The summed E-state index contributed by atoms with van der Waals surface area (Å²) in [5.41, 5.74) is 0.335. The highest BCUT2D eigenvalue weighted by atomic mass is 19.3. The lowest BCUT2D eigenvalue weighted by atomic mass is 9.70. The van der Waals surface area contributed by atoms with Crippen LogP contribution in [0.1, 0.15) is 105 Å². The van der Waals surface area contributed by atoms with Crippen molar-refractivity contribution in [3.63, 3.8) is 0 Å². The van der Waals surface area contributed by atoms with E-state index in [2.05, 4.69) is 12.1 Å². The minimum absolute atomic E-state index is 0.0326. The van der Waals surface area contributed by atoms with Crippen LogP contribution in [-0.2, 0) is 5.60 Å². The summed E-state index contributed by atoms with van der Waals surface area (Å²) in [5.74, 6) is -1.66. The Hall–Kier alpha value is -2.58. The minimum Gasteiger partial charge on any atom is -0.379 e. The van der Waals surface area contributed by atoms with Gasteiger partial charge in [0, 0.05) is 18.9 Å². The second-order valence-corrected chi connectivity index (χ2v) is 11.7. The normalized spacial score (nSPS) is 22.8. The van der Waals surface area contributed by atoms with Crippen molar-refractivity contribution in [3.05, 3.63) is 70.8 Å². The molecule has 0 heterocycles. The van der Waals surface area contributed by atoms with Crippen LogP contribution < -0.4 is 0 Å². The Morgan fingerprint density at radius 3 is 2.08 bits per heavy atom. The summed E-state index contributed by atoms with van der Waals surface area (Å²) in [4.78, 5) is 13.0. The van der Waals surface area contributed by atoms with E-state index in [-0.39, 0.29) is 11.3 Å². The number of Topliss-reactive ketones (excluding diaryl/α,β-unsaturated/α-hetero) is 1. The van der Waals surface area contributed by atoms with Crippen molar-refractivity contribution in [1.29, 1.82) is 5.26 Å². The van der Waals surface area contributed by atoms with Crippen LogP contribution >= 0.6 is 0 Å². The topological polar surface area (TPSA) is 61.1 Å². The quantitative estimate of drug-likeness (QED) is 0.331. The Morgan fingerprint density at radius 1 is 1.00 bits per heavy atom. The molecule has 0 aliphatic heterocycles. The first-order valence-electron chi connectivity index (χ1n) is 13.8. The molecule has 0 amide bonds. The summed E-state index contributed by atoms with van der Waals surface area (Å²) in [6, 6.07) is 16.4. The minimum atomic E-state index is -3.31. The molecule has 2 atom stereocenters. The summed E-state index contributed by atoms with van der Waals surface area (Å²) >= 11 is 0. The molecule has 2 saturated carbocycles. The number of benzene rings is 2. The number of ketones is 1. The Balaban J connectivity index is 1.37.